The maximum atomic E-state index is 9.58. The SMILES string of the molecule is [2H]c1cc([2H])c2c(c1[2H])c1c(-c3c([2H])c([2H])c([2H])c([2H])c3[2H])c([2H])c([2H])c([2H])c1n2-c1ccc(-c2cccc3c2sc2ccccc23)cc1-c1nc(-c2ccccc2)nc(-c2ccccc2)n1. The number of aromatic nitrogens is 4. The van der Waals surface area contributed by atoms with Gasteiger partial charge in [-0.05, 0) is 52.5 Å². The molecule has 262 valence electrons. The Labute approximate surface area is 343 Å². The lowest BCUT2D eigenvalue weighted by molar-refractivity contribution is 1.06. The van der Waals surface area contributed by atoms with Crippen molar-refractivity contribution in [2.45, 2.75) is 0 Å². The monoisotopic (exact) mass is 743 g/mol. The molecule has 0 fully saturated rings. The number of hydrogen-bond donors (Lipinski definition) is 0. The molecule has 11 aromatic rings. The van der Waals surface area contributed by atoms with Crippen LogP contribution in [0.25, 0.3) is 104 Å². The molecule has 3 heterocycles. The smallest absolute Gasteiger partial charge is 0.166 e. The highest BCUT2D eigenvalue weighted by atomic mass is 32.1. The van der Waals surface area contributed by atoms with Crippen molar-refractivity contribution >= 4 is 53.3 Å². The lowest BCUT2D eigenvalue weighted by Gasteiger charge is -2.17. The highest BCUT2D eigenvalue weighted by molar-refractivity contribution is 7.26. The molecule has 0 radical (unpaired) electrons. The largest absolute Gasteiger partial charge is 0.308 e. The summed E-state index contributed by atoms with van der Waals surface area (Å²) in [5, 5.41) is 2.05. The lowest BCUT2D eigenvalue weighted by atomic mass is 9.99. The first kappa shape index (κ1) is 22.9. The molecule has 0 aliphatic heterocycles. The van der Waals surface area contributed by atoms with Crippen LogP contribution >= 0.6 is 11.3 Å². The normalized spacial score (nSPS) is 14.3. The van der Waals surface area contributed by atoms with Crippen LogP contribution in [-0.2, 0) is 0 Å². The van der Waals surface area contributed by atoms with E-state index in [9.17, 15) is 6.85 Å². The molecule has 0 aliphatic carbocycles. The molecule has 0 spiro atoms. The second kappa shape index (κ2) is 13.3. The van der Waals surface area contributed by atoms with E-state index in [-0.39, 0.29) is 51.3 Å². The van der Waals surface area contributed by atoms with Crippen molar-refractivity contribution < 1.29 is 15.1 Å². The fourth-order valence-electron chi connectivity index (χ4n) is 7.41. The van der Waals surface area contributed by atoms with Crippen LogP contribution in [0.2, 0.25) is 0 Å². The Morgan fingerprint density at radius 1 is 0.429 bits per heavy atom. The van der Waals surface area contributed by atoms with Gasteiger partial charge in [-0.25, -0.2) is 15.0 Å². The molecule has 4 nitrogen and oxygen atoms in total. The zero-order valence-electron chi connectivity index (χ0n) is 40.3. The van der Waals surface area contributed by atoms with Gasteiger partial charge in [0.1, 0.15) is 0 Å². The Bertz CT molecular complexity index is 3810. The van der Waals surface area contributed by atoms with Crippen LogP contribution in [0.5, 0.6) is 0 Å². The second-order valence-corrected chi connectivity index (χ2v) is 14.2. The van der Waals surface area contributed by atoms with Crippen molar-refractivity contribution in [3.8, 4) is 62.1 Å². The molecule has 8 aromatic carbocycles. The summed E-state index contributed by atoms with van der Waals surface area (Å²) < 4.78 is 103. The molecule has 11 rings (SSSR count). The molecular weight excluding hydrogens is 701 g/mol. The van der Waals surface area contributed by atoms with Crippen molar-refractivity contribution in [3.63, 3.8) is 0 Å². The van der Waals surface area contributed by atoms with Gasteiger partial charge in [-0.3, -0.25) is 0 Å². The van der Waals surface area contributed by atoms with Crippen LogP contribution in [0.4, 0.5) is 0 Å². The van der Waals surface area contributed by atoms with Gasteiger partial charge in [0.05, 0.1) is 31.8 Å². The lowest BCUT2D eigenvalue weighted by Crippen LogP contribution is -2.04. The molecule has 0 unspecified atom stereocenters. The summed E-state index contributed by atoms with van der Waals surface area (Å²) in [7, 11) is 0. The van der Waals surface area contributed by atoms with Crippen LogP contribution in [-0.4, -0.2) is 19.5 Å². The molecule has 0 saturated carbocycles. The van der Waals surface area contributed by atoms with E-state index in [0.29, 0.717) is 34.0 Å². The minimum Gasteiger partial charge on any atom is -0.308 e. The van der Waals surface area contributed by atoms with Crippen molar-refractivity contribution in [1.29, 1.82) is 0 Å². The first-order valence-electron chi connectivity index (χ1n) is 23.4. The predicted molar refractivity (Wildman–Crippen MR) is 234 cm³/mol. The van der Waals surface area contributed by atoms with Crippen molar-refractivity contribution in [2.24, 2.45) is 0 Å². The topological polar surface area (TPSA) is 43.6 Å². The van der Waals surface area contributed by atoms with E-state index < -0.39 is 53.9 Å². The van der Waals surface area contributed by atoms with E-state index in [1.165, 1.54) is 10.6 Å². The number of hydrogen-bond acceptors (Lipinski definition) is 4. The third-order valence-electron chi connectivity index (χ3n) is 9.91. The van der Waals surface area contributed by atoms with Crippen LogP contribution < -0.4 is 0 Å². The molecule has 0 aliphatic rings. The molecule has 5 heteroatoms. The first-order valence-corrected chi connectivity index (χ1v) is 18.7. The van der Waals surface area contributed by atoms with Gasteiger partial charge in [0.15, 0.2) is 17.5 Å². The number of rotatable bonds is 6. The molecule has 3 aromatic heterocycles. The van der Waals surface area contributed by atoms with E-state index in [4.69, 9.17) is 23.2 Å². The zero-order valence-corrected chi connectivity index (χ0v) is 30.1. The highest BCUT2D eigenvalue weighted by Crippen LogP contribution is 2.44. The molecule has 0 saturated heterocycles. The Kier molecular flexibility index (Phi) is 5.42. The molecular formula is C51H32N4S. The number of benzene rings is 8. The fraction of sp³-hybridized carbons (Fsp3) is 0. The summed E-state index contributed by atoms with van der Waals surface area (Å²) in [4.78, 5) is 15.2. The molecule has 0 bridgehead atoms. The first-order chi connectivity index (χ1) is 32.3. The van der Waals surface area contributed by atoms with E-state index in [1.807, 2.05) is 97.1 Å². The minimum absolute atomic E-state index is 0.0318. The predicted octanol–water partition coefficient (Wildman–Crippen LogP) is 13.7. The van der Waals surface area contributed by atoms with Crippen molar-refractivity contribution in [1.82, 2.24) is 19.5 Å². The third-order valence-corrected chi connectivity index (χ3v) is 11.1. The molecule has 56 heavy (non-hydrogen) atoms. The summed E-state index contributed by atoms with van der Waals surface area (Å²) in [6, 6.07) is 34.1. The molecule has 0 N–H and O–H groups in total. The maximum absolute atomic E-state index is 9.58. The maximum Gasteiger partial charge on any atom is 0.166 e. The van der Waals surface area contributed by atoms with Crippen LogP contribution in [0.3, 0.4) is 0 Å². The van der Waals surface area contributed by atoms with Crippen molar-refractivity contribution in [3.05, 3.63) is 194 Å². The summed E-state index contributed by atoms with van der Waals surface area (Å²) in [5.74, 6) is 0.929. The number of thiophene rings is 1. The van der Waals surface area contributed by atoms with Gasteiger partial charge < -0.3 is 4.57 Å². The quantitative estimate of drug-likeness (QED) is 0.170. The summed E-state index contributed by atoms with van der Waals surface area (Å²) >= 11 is 1.66. The van der Waals surface area contributed by atoms with Crippen LogP contribution in [0, 0.1) is 0 Å². The second-order valence-electron chi connectivity index (χ2n) is 13.1. The van der Waals surface area contributed by atoms with Gasteiger partial charge >= 0.3 is 0 Å². The third kappa shape index (κ3) is 5.32. The fourth-order valence-corrected chi connectivity index (χ4v) is 8.64. The average molecular weight is 744 g/mol. The average Bonchev–Trinajstić information content (AvgIpc) is 3.92. The van der Waals surface area contributed by atoms with Gasteiger partial charge in [-0.15, -0.1) is 11.3 Å². The summed E-state index contributed by atoms with van der Waals surface area (Å²) in [5.41, 5.74) is 3.08. The van der Waals surface area contributed by atoms with E-state index >= 15 is 0 Å². The summed E-state index contributed by atoms with van der Waals surface area (Å²) in [6.45, 7) is 0. The Morgan fingerprint density at radius 3 is 1.93 bits per heavy atom. The van der Waals surface area contributed by atoms with Crippen LogP contribution in [0.1, 0.15) is 15.1 Å². The number of para-hydroxylation sites is 1. The van der Waals surface area contributed by atoms with Gasteiger partial charge in [0.2, 0.25) is 0 Å². The minimum atomic E-state index is -0.674. The Morgan fingerprint density at radius 2 is 1.14 bits per heavy atom. The Hall–Kier alpha value is -7.21. The summed E-state index contributed by atoms with van der Waals surface area (Å²) in [6.07, 6.45) is 0. The number of fused-ring (bicyclic) bond motifs is 6. The van der Waals surface area contributed by atoms with Gasteiger partial charge in [0, 0.05) is 47.6 Å². The van der Waals surface area contributed by atoms with Crippen molar-refractivity contribution in [2.75, 3.05) is 0 Å². The molecule has 0 atom stereocenters. The zero-order chi connectivity index (χ0) is 46.6. The van der Waals surface area contributed by atoms with E-state index in [1.54, 1.807) is 17.4 Å². The van der Waals surface area contributed by atoms with Gasteiger partial charge in [0.25, 0.3) is 0 Å². The van der Waals surface area contributed by atoms with Gasteiger partial charge in [-0.1, -0.05) is 164 Å². The standard InChI is InChI=1S/C51H32N4S/c1-4-16-33(17-5-1)37-24-15-28-45-47(37)41-23-10-12-27-43(41)55(45)44-31-30-36(38-25-14-26-40-39-22-11-13-29-46(39)56-48(38)40)32-42(44)51-53-49(34-18-6-2-7-19-34)52-50(54-51)35-20-8-3-9-21-35/h1-32H/i1D,4D,5D,10D,15D,16D,17D,23D,24D,27D,28D. The van der Waals surface area contributed by atoms with E-state index in [0.717, 1.165) is 31.3 Å². The highest BCUT2D eigenvalue weighted by Gasteiger charge is 2.22. The van der Waals surface area contributed by atoms with Crippen LogP contribution in [0.15, 0.2) is 194 Å². The Balaban J connectivity index is 1.32. The molecule has 0 amide bonds. The van der Waals surface area contributed by atoms with Gasteiger partial charge in [-0.2, -0.15) is 0 Å². The van der Waals surface area contributed by atoms with E-state index in [2.05, 4.69) is 18.2 Å². The number of nitrogens with zero attached hydrogens (tertiary/aromatic N) is 4.